The first kappa shape index (κ1) is 16.2. The van der Waals surface area contributed by atoms with Gasteiger partial charge in [0.25, 0.3) is 0 Å². The van der Waals surface area contributed by atoms with Gasteiger partial charge in [0.2, 0.25) is 0 Å². The third-order valence-corrected chi connectivity index (χ3v) is 5.04. The number of aliphatic hydroxyl groups is 1. The van der Waals surface area contributed by atoms with Crippen LogP contribution in [-0.4, -0.2) is 62.0 Å². The maximum atomic E-state index is 9.06. The molecule has 4 heteroatoms. The zero-order chi connectivity index (χ0) is 14.3. The van der Waals surface area contributed by atoms with Crippen LogP contribution >= 0.6 is 0 Å². The van der Waals surface area contributed by atoms with Gasteiger partial charge in [0.1, 0.15) is 0 Å². The molecule has 2 N–H and O–H groups in total. The number of ether oxygens (including phenoxy) is 1. The highest BCUT2D eigenvalue weighted by Crippen LogP contribution is 2.34. The van der Waals surface area contributed by atoms with Crippen LogP contribution in [-0.2, 0) is 4.74 Å². The third-order valence-electron chi connectivity index (χ3n) is 5.04. The molecule has 118 valence electrons. The lowest BCUT2D eigenvalue weighted by molar-refractivity contribution is -0.00699. The Labute approximate surface area is 123 Å². The predicted molar refractivity (Wildman–Crippen MR) is 81.9 cm³/mol. The minimum atomic E-state index is 0.334. The molecule has 2 rings (SSSR count). The topological polar surface area (TPSA) is 44.7 Å². The molecule has 0 aromatic carbocycles. The van der Waals surface area contributed by atoms with Gasteiger partial charge in [-0.3, -0.25) is 4.90 Å². The summed E-state index contributed by atoms with van der Waals surface area (Å²) < 4.78 is 5.58. The molecule has 0 aromatic heterocycles. The Morgan fingerprint density at radius 2 is 2.15 bits per heavy atom. The van der Waals surface area contributed by atoms with Crippen LogP contribution in [0.25, 0.3) is 0 Å². The van der Waals surface area contributed by atoms with Crippen LogP contribution in [0.4, 0.5) is 0 Å². The molecular weight excluding hydrogens is 252 g/mol. The summed E-state index contributed by atoms with van der Waals surface area (Å²) in [5.74, 6) is 0. The summed E-state index contributed by atoms with van der Waals surface area (Å²) >= 11 is 0. The number of hydrogen-bond donors (Lipinski definition) is 2. The molecule has 0 radical (unpaired) electrons. The van der Waals surface area contributed by atoms with Crippen molar-refractivity contribution in [1.29, 1.82) is 0 Å². The molecule has 4 nitrogen and oxygen atoms in total. The van der Waals surface area contributed by atoms with Crippen molar-refractivity contribution in [2.24, 2.45) is 5.41 Å². The fourth-order valence-corrected chi connectivity index (χ4v) is 3.77. The zero-order valence-corrected chi connectivity index (χ0v) is 13.1. The number of aliphatic hydroxyl groups excluding tert-OH is 1. The Balaban J connectivity index is 1.91. The Morgan fingerprint density at radius 1 is 1.35 bits per heavy atom. The lowest BCUT2D eigenvalue weighted by Gasteiger charge is -2.42. The first-order valence-electron chi connectivity index (χ1n) is 8.43. The Morgan fingerprint density at radius 3 is 2.85 bits per heavy atom. The standard InChI is InChI=1S/C16H32N2O2/c1-2-17-13-16(7-11-20-12-8-16)14-18-9-3-5-15(18)6-4-10-19/h15,17,19H,2-14H2,1H3. The van der Waals surface area contributed by atoms with E-state index in [4.69, 9.17) is 9.84 Å². The van der Waals surface area contributed by atoms with Crippen molar-refractivity contribution in [3.8, 4) is 0 Å². The van der Waals surface area contributed by atoms with E-state index in [1.807, 2.05) is 0 Å². The summed E-state index contributed by atoms with van der Waals surface area (Å²) in [5, 5.41) is 12.6. The monoisotopic (exact) mass is 284 g/mol. The summed E-state index contributed by atoms with van der Waals surface area (Å²) in [6.45, 7) is 8.98. The van der Waals surface area contributed by atoms with Crippen molar-refractivity contribution in [1.82, 2.24) is 10.2 Å². The van der Waals surface area contributed by atoms with E-state index < -0.39 is 0 Å². The quantitative estimate of drug-likeness (QED) is 0.711. The van der Waals surface area contributed by atoms with Crippen molar-refractivity contribution in [2.75, 3.05) is 46.0 Å². The zero-order valence-electron chi connectivity index (χ0n) is 13.1. The SMILES string of the molecule is CCNCC1(CN2CCCC2CCCO)CCOCC1. The van der Waals surface area contributed by atoms with Crippen LogP contribution in [0.15, 0.2) is 0 Å². The van der Waals surface area contributed by atoms with Gasteiger partial charge in [-0.15, -0.1) is 0 Å². The summed E-state index contributed by atoms with van der Waals surface area (Å²) in [7, 11) is 0. The lowest BCUT2D eigenvalue weighted by Crippen LogP contribution is -2.48. The molecule has 0 spiro atoms. The van der Waals surface area contributed by atoms with Gasteiger partial charge in [0.05, 0.1) is 0 Å². The maximum absolute atomic E-state index is 9.06. The van der Waals surface area contributed by atoms with E-state index in [1.165, 1.54) is 38.8 Å². The van der Waals surface area contributed by atoms with Crippen molar-refractivity contribution in [3.05, 3.63) is 0 Å². The fraction of sp³-hybridized carbons (Fsp3) is 1.00. The molecule has 2 saturated heterocycles. The Hall–Kier alpha value is -0.160. The van der Waals surface area contributed by atoms with Crippen molar-refractivity contribution in [2.45, 2.75) is 51.5 Å². The highest BCUT2D eigenvalue weighted by atomic mass is 16.5. The van der Waals surface area contributed by atoms with E-state index in [1.54, 1.807) is 0 Å². The average molecular weight is 284 g/mol. The molecule has 2 heterocycles. The number of hydrogen-bond acceptors (Lipinski definition) is 4. The van der Waals surface area contributed by atoms with E-state index in [0.717, 1.165) is 39.1 Å². The molecule has 2 fully saturated rings. The van der Waals surface area contributed by atoms with Gasteiger partial charge in [0.15, 0.2) is 0 Å². The third kappa shape index (κ3) is 4.42. The largest absolute Gasteiger partial charge is 0.396 e. The van der Waals surface area contributed by atoms with Gasteiger partial charge in [-0.2, -0.15) is 0 Å². The molecule has 0 amide bonds. The van der Waals surface area contributed by atoms with Crippen molar-refractivity contribution in [3.63, 3.8) is 0 Å². The van der Waals surface area contributed by atoms with Crippen LogP contribution in [0, 0.1) is 5.41 Å². The smallest absolute Gasteiger partial charge is 0.0472 e. The molecule has 0 bridgehead atoms. The van der Waals surface area contributed by atoms with Crippen LogP contribution in [0.3, 0.4) is 0 Å². The molecule has 1 unspecified atom stereocenters. The summed E-state index contributed by atoms with van der Waals surface area (Å²) in [5.41, 5.74) is 0.399. The van der Waals surface area contributed by atoms with E-state index >= 15 is 0 Å². The summed E-state index contributed by atoms with van der Waals surface area (Å²) in [4.78, 5) is 2.69. The number of likely N-dealkylation sites (tertiary alicyclic amines) is 1. The highest BCUT2D eigenvalue weighted by molar-refractivity contribution is 4.91. The van der Waals surface area contributed by atoms with Gasteiger partial charge >= 0.3 is 0 Å². The molecule has 0 aliphatic carbocycles. The van der Waals surface area contributed by atoms with Gasteiger partial charge < -0.3 is 15.2 Å². The van der Waals surface area contributed by atoms with Crippen molar-refractivity contribution < 1.29 is 9.84 Å². The maximum Gasteiger partial charge on any atom is 0.0472 e. The first-order chi connectivity index (χ1) is 9.79. The summed E-state index contributed by atoms with van der Waals surface area (Å²) in [6.07, 6.45) is 7.11. The van der Waals surface area contributed by atoms with E-state index in [0.29, 0.717) is 18.1 Å². The number of rotatable bonds is 8. The second kappa shape index (κ2) is 8.32. The molecule has 20 heavy (non-hydrogen) atoms. The van der Waals surface area contributed by atoms with Crippen molar-refractivity contribution >= 4 is 0 Å². The molecule has 2 aliphatic heterocycles. The van der Waals surface area contributed by atoms with Gasteiger partial charge in [-0.1, -0.05) is 6.92 Å². The molecule has 0 aromatic rings. The first-order valence-corrected chi connectivity index (χ1v) is 8.43. The molecule has 0 saturated carbocycles. The molecular formula is C16H32N2O2. The van der Waals surface area contributed by atoms with E-state index in [9.17, 15) is 0 Å². The van der Waals surface area contributed by atoms with E-state index in [2.05, 4.69) is 17.1 Å². The predicted octanol–water partition coefficient (Wildman–Crippen LogP) is 1.63. The second-order valence-electron chi connectivity index (χ2n) is 6.53. The van der Waals surface area contributed by atoms with Crippen LogP contribution in [0.2, 0.25) is 0 Å². The van der Waals surface area contributed by atoms with Gasteiger partial charge in [-0.25, -0.2) is 0 Å². The lowest BCUT2D eigenvalue weighted by atomic mass is 9.79. The normalized spacial score (nSPS) is 27.0. The Kier molecular flexibility index (Phi) is 6.75. The fourth-order valence-electron chi connectivity index (χ4n) is 3.77. The minimum absolute atomic E-state index is 0.334. The molecule has 2 aliphatic rings. The molecule has 1 atom stereocenters. The number of nitrogens with zero attached hydrogens (tertiary/aromatic N) is 1. The summed E-state index contributed by atoms with van der Waals surface area (Å²) in [6, 6.07) is 0.698. The minimum Gasteiger partial charge on any atom is -0.396 e. The average Bonchev–Trinajstić information content (AvgIpc) is 2.91. The van der Waals surface area contributed by atoms with E-state index in [-0.39, 0.29) is 0 Å². The van der Waals surface area contributed by atoms with Crippen LogP contribution < -0.4 is 5.32 Å². The van der Waals surface area contributed by atoms with Gasteiger partial charge in [-0.05, 0) is 57.0 Å². The van der Waals surface area contributed by atoms with Gasteiger partial charge in [0, 0.05) is 39.0 Å². The van der Waals surface area contributed by atoms with Crippen LogP contribution in [0.5, 0.6) is 0 Å². The highest BCUT2D eigenvalue weighted by Gasteiger charge is 2.37. The van der Waals surface area contributed by atoms with Crippen LogP contribution in [0.1, 0.15) is 45.4 Å². The number of nitrogens with one attached hydrogen (secondary N) is 1. The second-order valence-corrected chi connectivity index (χ2v) is 6.53. The Bertz CT molecular complexity index is 267.